The lowest BCUT2D eigenvalue weighted by Gasteiger charge is -2.35. The number of methoxy groups -OCH3 is 2. The van der Waals surface area contributed by atoms with Crippen molar-refractivity contribution in [1.82, 2.24) is 0 Å². The number of aliphatic hydroxyl groups is 1. The second-order valence-corrected chi connectivity index (χ2v) is 5.80. The molecule has 3 nitrogen and oxygen atoms in total. The summed E-state index contributed by atoms with van der Waals surface area (Å²) in [4.78, 5) is 0. The molecule has 0 heterocycles. The molecule has 0 amide bonds. The molecular weight excluding hydrogens is 264 g/mol. The maximum atomic E-state index is 11.2. The van der Waals surface area contributed by atoms with E-state index in [9.17, 15) is 5.11 Å². The van der Waals surface area contributed by atoms with Crippen LogP contribution in [-0.2, 0) is 5.60 Å². The van der Waals surface area contributed by atoms with Gasteiger partial charge in [0.2, 0.25) is 0 Å². The van der Waals surface area contributed by atoms with Crippen LogP contribution in [0.4, 0.5) is 0 Å². The topological polar surface area (TPSA) is 38.7 Å². The van der Waals surface area contributed by atoms with Gasteiger partial charge in [0.15, 0.2) is 0 Å². The maximum absolute atomic E-state index is 11.2. The van der Waals surface area contributed by atoms with Gasteiger partial charge in [-0.1, -0.05) is 43.5 Å². The molecule has 0 aliphatic heterocycles. The Morgan fingerprint density at radius 3 is 2.38 bits per heavy atom. The zero-order valence-corrected chi connectivity index (χ0v) is 12.7. The largest absolute Gasteiger partial charge is 0.496 e. The highest BCUT2D eigenvalue weighted by molar-refractivity contribution is 5.92. The first-order valence-electron chi connectivity index (χ1n) is 7.56. The Morgan fingerprint density at radius 2 is 1.71 bits per heavy atom. The lowest BCUT2D eigenvalue weighted by atomic mass is 9.78. The molecule has 1 fully saturated rings. The van der Waals surface area contributed by atoms with Crippen LogP contribution in [0.15, 0.2) is 30.3 Å². The van der Waals surface area contributed by atoms with Gasteiger partial charge in [-0.2, -0.15) is 0 Å². The first kappa shape index (κ1) is 14.2. The summed E-state index contributed by atoms with van der Waals surface area (Å²) in [7, 11) is 3.32. The Kier molecular flexibility index (Phi) is 3.77. The van der Waals surface area contributed by atoms with E-state index in [-0.39, 0.29) is 0 Å². The lowest BCUT2D eigenvalue weighted by molar-refractivity contribution is -0.00436. The standard InChI is InChI=1S/C18H22O3/c1-20-15-12-13-8-4-5-9-14(13)17(21-2)16(15)18(19)10-6-3-7-11-18/h4-5,8-9,12,19H,3,6-7,10-11H2,1-2H3. The Morgan fingerprint density at radius 1 is 1.00 bits per heavy atom. The molecule has 0 atom stereocenters. The van der Waals surface area contributed by atoms with Crippen molar-refractivity contribution >= 4 is 10.8 Å². The average Bonchev–Trinajstić information content (AvgIpc) is 2.53. The Balaban J connectivity index is 2.28. The summed E-state index contributed by atoms with van der Waals surface area (Å²) in [6.45, 7) is 0. The highest BCUT2D eigenvalue weighted by atomic mass is 16.5. The molecule has 1 aliphatic rings. The first-order chi connectivity index (χ1) is 10.2. The van der Waals surface area contributed by atoms with Crippen molar-refractivity contribution in [2.75, 3.05) is 14.2 Å². The second kappa shape index (κ2) is 5.57. The van der Waals surface area contributed by atoms with E-state index in [1.165, 1.54) is 6.42 Å². The molecule has 1 N–H and O–H groups in total. The monoisotopic (exact) mass is 286 g/mol. The molecule has 0 radical (unpaired) electrons. The van der Waals surface area contributed by atoms with Crippen LogP contribution in [0, 0.1) is 0 Å². The summed E-state index contributed by atoms with van der Waals surface area (Å²) in [6, 6.07) is 10.1. The third-order valence-electron chi connectivity index (χ3n) is 4.54. The van der Waals surface area contributed by atoms with Crippen LogP contribution in [-0.4, -0.2) is 19.3 Å². The molecule has 1 aliphatic carbocycles. The van der Waals surface area contributed by atoms with Gasteiger partial charge >= 0.3 is 0 Å². The highest BCUT2D eigenvalue weighted by Gasteiger charge is 2.37. The summed E-state index contributed by atoms with van der Waals surface area (Å²) in [5, 5.41) is 13.3. The van der Waals surface area contributed by atoms with Gasteiger partial charge in [-0.15, -0.1) is 0 Å². The third kappa shape index (κ3) is 2.36. The number of benzene rings is 2. The Bertz CT molecular complexity index is 642. The Labute approximate surface area is 125 Å². The van der Waals surface area contributed by atoms with Crippen LogP contribution < -0.4 is 9.47 Å². The molecule has 3 rings (SSSR count). The van der Waals surface area contributed by atoms with E-state index in [0.717, 1.165) is 53.5 Å². The summed E-state index contributed by atoms with van der Waals surface area (Å²) >= 11 is 0. The molecule has 2 aromatic carbocycles. The predicted octanol–water partition coefficient (Wildman–Crippen LogP) is 4.01. The van der Waals surface area contributed by atoms with Crippen molar-refractivity contribution in [2.45, 2.75) is 37.7 Å². The van der Waals surface area contributed by atoms with Crippen molar-refractivity contribution in [3.8, 4) is 11.5 Å². The Hall–Kier alpha value is -1.74. The molecule has 0 saturated heterocycles. The van der Waals surface area contributed by atoms with Gasteiger partial charge in [-0.3, -0.25) is 0 Å². The molecule has 0 aromatic heterocycles. The third-order valence-corrected chi connectivity index (χ3v) is 4.54. The van der Waals surface area contributed by atoms with Gasteiger partial charge in [0.05, 0.1) is 25.4 Å². The van der Waals surface area contributed by atoms with E-state index in [0.29, 0.717) is 0 Å². The van der Waals surface area contributed by atoms with Crippen molar-refractivity contribution in [3.05, 3.63) is 35.9 Å². The SMILES string of the molecule is COc1cc2ccccc2c(OC)c1C1(O)CCCCC1. The number of fused-ring (bicyclic) bond motifs is 1. The smallest absolute Gasteiger partial charge is 0.136 e. The van der Waals surface area contributed by atoms with E-state index in [1.54, 1.807) is 14.2 Å². The molecule has 112 valence electrons. The molecule has 2 aromatic rings. The summed E-state index contributed by atoms with van der Waals surface area (Å²) in [5.74, 6) is 1.46. The average molecular weight is 286 g/mol. The quantitative estimate of drug-likeness (QED) is 0.926. The minimum atomic E-state index is -0.848. The van der Waals surface area contributed by atoms with Crippen molar-refractivity contribution in [2.24, 2.45) is 0 Å². The minimum Gasteiger partial charge on any atom is -0.496 e. The molecule has 0 bridgehead atoms. The fourth-order valence-electron chi connectivity index (χ4n) is 3.49. The van der Waals surface area contributed by atoms with Crippen molar-refractivity contribution in [1.29, 1.82) is 0 Å². The summed E-state index contributed by atoms with van der Waals surface area (Å²) in [5.41, 5.74) is -0.0372. The molecule has 0 unspecified atom stereocenters. The lowest BCUT2D eigenvalue weighted by Crippen LogP contribution is -2.29. The van der Waals surface area contributed by atoms with E-state index < -0.39 is 5.60 Å². The van der Waals surface area contributed by atoms with Crippen LogP contribution in [0.5, 0.6) is 11.5 Å². The second-order valence-electron chi connectivity index (χ2n) is 5.80. The highest BCUT2D eigenvalue weighted by Crippen LogP contribution is 2.48. The number of rotatable bonds is 3. The van der Waals surface area contributed by atoms with Gasteiger partial charge in [0.1, 0.15) is 11.5 Å². The van der Waals surface area contributed by atoms with E-state index in [2.05, 4.69) is 0 Å². The van der Waals surface area contributed by atoms with Crippen LogP contribution >= 0.6 is 0 Å². The first-order valence-corrected chi connectivity index (χ1v) is 7.56. The van der Waals surface area contributed by atoms with Crippen LogP contribution in [0.2, 0.25) is 0 Å². The van der Waals surface area contributed by atoms with Crippen molar-refractivity contribution in [3.63, 3.8) is 0 Å². The van der Waals surface area contributed by atoms with Crippen LogP contribution in [0.25, 0.3) is 10.8 Å². The van der Waals surface area contributed by atoms with Crippen LogP contribution in [0.3, 0.4) is 0 Å². The zero-order chi connectivity index (χ0) is 14.9. The molecular formula is C18H22O3. The molecule has 21 heavy (non-hydrogen) atoms. The molecule has 3 heteroatoms. The number of ether oxygens (including phenoxy) is 2. The van der Waals surface area contributed by atoms with E-state index in [1.807, 2.05) is 30.3 Å². The normalized spacial score (nSPS) is 17.7. The van der Waals surface area contributed by atoms with Gasteiger partial charge in [0.25, 0.3) is 0 Å². The summed E-state index contributed by atoms with van der Waals surface area (Å²) < 4.78 is 11.3. The van der Waals surface area contributed by atoms with Crippen LogP contribution in [0.1, 0.15) is 37.7 Å². The molecule has 1 saturated carbocycles. The minimum absolute atomic E-state index is 0.718. The molecule has 0 spiro atoms. The van der Waals surface area contributed by atoms with Crippen molar-refractivity contribution < 1.29 is 14.6 Å². The van der Waals surface area contributed by atoms with Gasteiger partial charge in [0, 0.05) is 5.39 Å². The van der Waals surface area contributed by atoms with Gasteiger partial charge < -0.3 is 14.6 Å². The summed E-state index contributed by atoms with van der Waals surface area (Å²) in [6.07, 6.45) is 4.78. The van der Waals surface area contributed by atoms with E-state index in [4.69, 9.17) is 9.47 Å². The number of hydrogen-bond acceptors (Lipinski definition) is 3. The van der Waals surface area contributed by atoms with E-state index >= 15 is 0 Å². The fourth-order valence-corrected chi connectivity index (χ4v) is 3.49. The zero-order valence-electron chi connectivity index (χ0n) is 12.7. The number of hydrogen-bond donors (Lipinski definition) is 1. The maximum Gasteiger partial charge on any atom is 0.136 e. The van der Waals surface area contributed by atoms with Gasteiger partial charge in [-0.05, 0) is 24.3 Å². The van der Waals surface area contributed by atoms with Gasteiger partial charge in [-0.25, -0.2) is 0 Å². The fraction of sp³-hybridized carbons (Fsp3) is 0.444. The predicted molar refractivity (Wildman–Crippen MR) is 84.0 cm³/mol.